The zero-order chi connectivity index (χ0) is 12.3. The van der Waals surface area contributed by atoms with Crippen LogP contribution >= 0.6 is 0 Å². The maximum absolute atomic E-state index is 11.5. The van der Waals surface area contributed by atoms with Crippen LogP contribution < -0.4 is 5.32 Å². The third-order valence-corrected chi connectivity index (χ3v) is 4.96. The lowest BCUT2D eigenvalue weighted by atomic mass is 10.1. The van der Waals surface area contributed by atoms with Crippen molar-refractivity contribution in [2.75, 3.05) is 11.5 Å². The Kier molecular flexibility index (Phi) is 3.84. The van der Waals surface area contributed by atoms with Crippen molar-refractivity contribution >= 4 is 9.84 Å². The van der Waals surface area contributed by atoms with Crippen LogP contribution in [0.1, 0.15) is 24.0 Å². The highest BCUT2D eigenvalue weighted by Crippen LogP contribution is 2.13. The van der Waals surface area contributed by atoms with E-state index in [9.17, 15) is 8.42 Å². The first-order valence-corrected chi connectivity index (χ1v) is 7.87. The lowest BCUT2D eigenvalue weighted by Gasteiger charge is -2.23. The summed E-state index contributed by atoms with van der Waals surface area (Å²) >= 11 is 0. The molecule has 1 unspecified atom stereocenters. The van der Waals surface area contributed by atoms with Gasteiger partial charge in [-0.3, -0.25) is 0 Å². The van der Waals surface area contributed by atoms with Gasteiger partial charge in [-0.25, -0.2) is 8.42 Å². The Hall–Kier alpha value is -0.870. The molecule has 17 heavy (non-hydrogen) atoms. The van der Waals surface area contributed by atoms with Crippen LogP contribution in [0.5, 0.6) is 0 Å². The van der Waals surface area contributed by atoms with Crippen LogP contribution in [0.4, 0.5) is 0 Å². The second kappa shape index (κ2) is 5.19. The van der Waals surface area contributed by atoms with Crippen molar-refractivity contribution in [3.8, 4) is 0 Å². The highest BCUT2D eigenvalue weighted by atomic mass is 32.2. The van der Waals surface area contributed by atoms with Gasteiger partial charge < -0.3 is 5.32 Å². The molecule has 94 valence electrons. The molecule has 1 aliphatic rings. The minimum Gasteiger partial charge on any atom is -0.309 e. The number of hydrogen-bond acceptors (Lipinski definition) is 3. The van der Waals surface area contributed by atoms with Gasteiger partial charge in [0.2, 0.25) is 0 Å². The van der Waals surface area contributed by atoms with Gasteiger partial charge in [0.25, 0.3) is 0 Å². The van der Waals surface area contributed by atoms with Gasteiger partial charge in [-0.15, -0.1) is 0 Å². The van der Waals surface area contributed by atoms with Crippen LogP contribution in [0, 0.1) is 6.92 Å². The van der Waals surface area contributed by atoms with E-state index >= 15 is 0 Å². The van der Waals surface area contributed by atoms with Crippen molar-refractivity contribution in [1.29, 1.82) is 0 Å². The third-order valence-electron chi connectivity index (χ3n) is 3.14. The molecular formula is C13H19NO2S. The van der Waals surface area contributed by atoms with Gasteiger partial charge in [-0.05, 0) is 25.3 Å². The number of aryl methyl sites for hydroxylation is 1. The van der Waals surface area contributed by atoms with Gasteiger partial charge in [-0.1, -0.05) is 29.8 Å². The van der Waals surface area contributed by atoms with Gasteiger partial charge in [0, 0.05) is 12.6 Å². The van der Waals surface area contributed by atoms with Crippen molar-refractivity contribution in [3.05, 3.63) is 35.4 Å². The largest absolute Gasteiger partial charge is 0.309 e. The number of nitrogens with one attached hydrogen (secondary N) is 1. The van der Waals surface area contributed by atoms with Gasteiger partial charge in [0.05, 0.1) is 11.5 Å². The summed E-state index contributed by atoms with van der Waals surface area (Å²) in [6.07, 6.45) is 1.75. The van der Waals surface area contributed by atoms with Crippen LogP contribution in [0.2, 0.25) is 0 Å². The first kappa shape index (κ1) is 12.6. The molecule has 0 saturated carbocycles. The van der Waals surface area contributed by atoms with Crippen LogP contribution in [0.25, 0.3) is 0 Å². The number of rotatable bonds is 3. The minimum atomic E-state index is -2.81. The van der Waals surface area contributed by atoms with Gasteiger partial charge in [0.1, 0.15) is 0 Å². The molecule has 0 amide bonds. The van der Waals surface area contributed by atoms with Crippen molar-refractivity contribution in [2.24, 2.45) is 0 Å². The Labute approximate surface area is 103 Å². The molecule has 1 N–H and O–H groups in total. The molecule has 1 heterocycles. The maximum atomic E-state index is 11.5. The van der Waals surface area contributed by atoms with E-state index in [2.05, 4.69) is 30.4 Å². The van der Waals surface area contributed by atoms with Crippen LogP contribution in [0.15, 0.2) is 24.3 Å². The monoisotopic (exact) mass is 253 g/mol. The maximum Gasteiger partial charge on any atom is 0.151 e. The average Bonchev–Trinajstić information content (AvgIpc) is 2.25. The van der Waals surface area contributed by atoms with E-state index in [1.54, 1.807) is 0 Å². The summed E-state index contributed by atoms with van der Waals surface area (Å²) in [7, 11) is -2.81. The zero-order valence-electron chi connectivity index (χ0n) is 10.1. The van der Waals surface area contributed by atoms with Crippen LogP contribution in [-0.4, -0.2) is 26.0 Å². The summed E-state index contributed by atoms with van der Waals surface area (Å²) < 4.78 is 23.0. The molecule has 1 saturated heterocycles. The lowest BCUT2D eigenvalue weighted by Crippen LogP contribution is -2.39. The molecule has 1 aliphatic heterocycles. The van der Waals surface area contributed by atoms with Crippen molar-refractivity contribution in [2.45, 2.75) is 32.4 Å². The fraction of sp³-hybridized carbons (Fsp3) is 0.538. The normalized spacial score (nSPS) is 23.5. The molecular weight excluding hydrogens is 234 g/mol. The molecule has 1 fully saturated rings. The SMILES string of the molecule is Cc1cccc(CNC2CCCS(=O)(=O)C2)c1. The van der Waals surface area contributed by atoms with Crippen molar-refractivity contribution in [3.63, 3.8) is 0 Å². The van der Waals surface area contributed by atoms with E-state index < -0.39 is 9.84 Å². The Morgan fingerprint density at radius 3 is 2.94 bits per heavy atom. The number of benzene rings is 1. The van der Waals surface area contributed by atoms with E-state index in [1.807, 2.05) is 6.07 Å². The number of sulfone groups is 1. The highest BCUT2D eigenvalue weighted by molar-refractivity contribution is 7.91. The second-order valence-corrected chi connectivity index (χ2v) is 7.05. The minimum absolute atomic E-state index is 0.120. The summed E-state index contributed by atoms with van der Waals surface area (Å²) in [5.74, 6) is 0.647. The summed E-state index contributed by atoms with van der Waals surface area (Å²) in [4.78, 5) is 0. The smallest absolute Gasteiger partial charge is 0.151 e. The van der Waals surface area contributed by atoms with Crippen LogP contribution in [-0.2, 0) is 16.4 Å². The van der Waals surface area contributed by atoms with E-state index in [-0.39, 0.29) is 6.04 Å². The molecule has 2 rings (SSSR count). The third kappa shape index (κ3) is 3.82. The first-order valence-electron chi connectivity index (χ1n) is 6.04. The standard InChI is InChI=1S/C13H19NO2S/c1-11-4-2-5-12(8-11)9-14-13-6-3-7-17(15,16)10-13/h2,4-5,8,13-14H,3,6-7,9-10H2,1H3. The second-order valence-electron chi connectivity index (χ2n) is 4.82. The quantitative estimate of drug-likeness (QED) is 0.891. The molecule has 1 atom stereocenters. The summed E-state index contributed by atoms with van der Waals surface area (Å²) in [6.45, 7) is 2.82. The first-order chi connectivity index (χ1) is 8.05. The van der Waals surface area contributed by atoms with Gasteiger partial charge in [-0.2, -0.15) is 0 Å². The Balaban J connectivity index is 1.90. The molecule has 3 nitrogen and oxygen atoms in total. The van der Waals surface area contributed by atoms with Gasteiger partial charge in [0.15, 0.2) is 9.84 Å². The molecule has 0 bridgehead atoms. The van der Waals surface area contributed by atoms with Crippen molar-refractivity contribution in [1.82, 2.24) is 5.32 Å². The molecule has 4 heteroatoms. The molecule has 0 radical (unpaired) electrons. The molecule has 1 aromatic carbocycles. The Morgan fingerprint density at radius 1 is 1.41 bits per heavy atom. The van der Waals surface area contributed by atoms with Gasteiger partial charge >= 0.3 is 0 Å². The molecule has 1 aromatic rings. The van der Waals surface area contributed by atoms with E-state index in [1.165, 1.54) is 11.1 Å². The van der Waals surface area contributed by atoms with Crippen molar-refractivity contribution < 1.29 is 8.42 Å². The fourth-order valence-electron chi connectivity index (χ4n) is 2.27. The Morgan fingerprint density at radius 2 is 2.24 bits per heavy atom. The zero-order valence-corrected chi connectivity index (χ0v) is 11.0. The molecule has 0 spiro atoms. The summed E-state index contributed by atoms with van der Waals surface area (Å²) in [6, 6.07) is 8.41. The predicted octanol–water partition coefficient (Wildman–Crippen LogP) is 1.66. The topological polar surface area (TPSA) is 46.2 Å². The summed E-state index contributed by atoms with van der Waals surface area (Å²) in [5.41, 5.74) is 2.45. The Bertz CT molecular complexity index is 482. The van der Waals surface area contributed by atoms with E-state index in [0.29, 0.717) is 11.5 Å². The molecule has 0 aliphatic carbocycles. The van der Waals surface area contributed by atoms with E-state index in [4.69, 9.17) is 0 Å². The fourth-order valence-corrected chi connectivity index (χ4v) is 3.94. The lowest BCUT2D eigenvalue weighted by molar-refractivity contribution is 0.480. The van der Waals surface area contributed by atoms with E-state index in [0.717, 1.165) is 19.4 Å². The summed E-state index contributed by atoms with van der Waals surface area (Å²) in [5, 5.41) is 3.34. The number of hydrogen-bond donors (Lipinski definition) is 1. The van der Waals surface area contributed by atoms with Crippen LogP contribution in [0.3, 0.4) is 0 Å². The highest BCUT2D eigenvalue weighted by Gasteiger charge is 2.23. The predicted molar refractivity (Wildman–Crippen MR) is 69.7 cm³/mol. The average molecular weight is 253 g/mol. The molecule has 0 aromatic heterocycles.